The van der Waals surface area contributed by atoms with Crippen molar-refractivity contribution >= 4 is 29.6 Å². The van der Waals surface area contributed by atoms with Crippen LogP contribution in [-0.4, -0.2) is 71.4 Å². The fourth-order valence-electron chi connectivity index (χ4n) is 3.90. The van der Waals surface area contributed by atoms with Gasteiger partial charge in [0.25, 0.3) is 11.8 Å². The minimum absolute atomic E-state index is 0.00720. The molecule has 2 fully saturated rings. The number of carbonyl (C=O) groups excluding carboxylic acids is 4. The molecule has 0 saturated carbocycles. The third-order valence-electron chi connectivity index (χ3n) is 5.83. The molecule has 0 unspecified atom stereocenters. The maximum absolute atomic E-state index is 12.9. The average molecular weight is 450 g/mol. The van der Waals surface area contributed by atoms with Crippen LogP contribution in [0.25, 0.3) is 0 Å². The van der Waals surface area contributed by atoms with Gasteiger partial charge in [-0.2, -0.15) is 5.01 Å². The fourth-order valence-corrected chi connectivity index (χ4v) is 3.90. The average Bonchev–Trinajstić information content (AvgIpc) is 3.04. The van der Waals surface area contributed by atoms with Gasteiger partial charge >= 0.3 is 12.1 Å². The Kier molecular flexibility index (Phi) is 6.27. The van der Waals surface area contributed by atoms with Crippen LogP contribution in [0.5, 0.6) is 0 Å². The topological polar surface area (TPSA) is 114 Å². The van der Waals surface area contributed by atoms with Crippen LogP contribution in [0.1, 0.15) is 12.5 Å². The van der Waals surface area contributed by atoms with Crippen LogP contribution < -0.4 is 16.1 Å². The zero-order valence-corrected chi connectivity index (χ0v) is 18.3. The molecule has 3 N–H and O–H groups in total. The molecular weight excluding hydrogens is 424 g/mol. The van der Waals surface area contributed by atoms with Crippen LogP contribution in [0.4, 0.5) is 15.3 Å². The third kappa shape index (κ3) is 4.80. The highest BCUT2D eigenvalue weighted by Crippen LogP contribution is 2.27. The van der Waals surface area contributed by atoms with Crippen molar-refractivity contribution in [1.29, 1.82) is 0 Å². The van der Waals surface area contributed by atoms with Gasteiger partial charge in [0, 0.05) is 31.9 Å². The van der Waals surface area contributed by atoms with Crippen LogP contribution in [0.15, 0.2) is 60.7 Å². The van der Waals surface area contributed by atoms with Gasteiger partial charge in [0.05, 0.1) is 6.54 Å². The van der Waals surface area contributed by atoms with Gasteiger partial charge in [-0.25, -0.2) is 9.59 Å². The largest absolute Gasteiger partial charge is 0.344 e. The van der Waals surface area contributed by atoms with E-state index in [1.54, 1.807) is 36.1 Å². The van der Waals surface area contributed by atoms with Crippen molar-refractivity contribution in [2.45, 2.75) is 12.5 Å². The Hall–Kier alpha value is -3.92. The molecule has 2 saturated heterocycles. The molecule has 10 heteroatoms. The molecule has 0 bridgehead atoms. The van der Waals surface area contributed by atoms with Crippen molar-refractivity contribution in [3.63, 3.8) is 0 Å². The fraction of sp³-hybridized carbons (Fsp3) is 0.304. The number of hydrogen-bond donors (Lipinski definition) is 3. The van der Waals surface area contributed by atoms with Crippen molar-refractivity contribution in [3.8, 4) is 0 Å². The molecule has 4 rings (SSSR count). The lowest BCUT2D eigenvalue weighted by molar-refractivity contribution is -0.139. The van der Waals surface area contributed by atoms with Gasteiger partial charge in [0.1, 0.15) is 5.54 Å². The smallest absolute Gasteiger partial charge is 0.322 e. The minimum atomic E-state index is -1.25. The summed E-state index contributed by atoms with van der Waals surface area (Å²) in [5.74, 6) is -1.02. The van der Waals surface area contributed by atoms with Gasteiger partial charge < -0.3 is 15.5 Å². The number of benzene rings is 2. The summed E-state index contributed by atoms with van der Waals surface area (Å²) in [5, 5.41) is 6.23. The molecule has 2 aliphatic rings. The minimum Gasteiger partial charge on any atom is -0.322 e. The summed E-state index contributed by atoms with van der Waals surface area (Å²) >= 11 is 0. The molecule has 2 aromatic rings. The van der Waals surface area contributed by atoms with E-state index in [1.807, 2.05) is 41.3 Å². The lowest BCUT2D eigenvalue weighted by Crippen LogP contribution is -2.54. The summed E-state index contributed by atoms with van der Waals surface area (Å²) in [6, 6.07) is 17.2. The number of anilines is 1. The van der Waals surface area contributed by atoms with Crippen LogP contribution in [0.2, 0.25) is 0 Å². The second-order valence-electron chi connectivity index (χ2n) is 8.16. The molecule has 0 radical (unpaired) electrons. The molecule has 0 aliphatic carbocycles. The van der Waals surface area contributed by atoms with E-state index in [-0.39, 0.29) is 12.6 Å². The van der Waals surface area contributed by atoms with Gasteiger partial charge in [-0.05, 0) is 24.6 Å². The molecule has 33 heavy (non-hydrogen) atoms. The number of carbonyl (C=O) groups is 4. The van der Waals surface area contributed by atoms with Crippen molar-refractivity contribution < 1.29 is 19.2 Å². The molecule has 0 spiro atoms. The Morgan fingerprint density at radius 2 is 1.55 bits per heavy atom. The Balaban J connectivity index is 1.27. The number of hydrogen-bond acceptors (Lipinski definition) is 5. The van der Waals surface area contributed by atoms with Crippen molar-refractivity contribution in [2.75, 3.05) is 38.0 Å². The van der Waals surface area contributed by atoms with Crippen molar-refractivity contribution in [3.05, 3.63) is 66.2 Å². The summed E-state index contributed by atoms with van der Waals surface area (Å²) in [7, 11) is 0. The Labute approximate surface area is 191 Å². The predicted molar refractivity (Wildman–Crippen MR) is 121 cm³/mol. The molecule has 2 aliphatic heterocycles. The quantitative estimate of drug-likeness (QED) is 0.595. The van der Waals surface area contributed by atoms with Gasteiger partial charge in [-0.15, -0.1) is 0 Å². The molecule has 6 amide bonds. The Morgan fingerprint density at radius 1 is 0.939 bits per heavy atom. The van der Waals surface area contributed by atoms with Gasteiger partial charge in [-0.3, -0.25) is 19.9 Å². The first-order valence-corrected chi connectivity index (χ1v) is 10.7. The van der Waals surface area contributed by atoms with E-state index >= 15 is 0 Å². The number of para-hydroxylation sites is 1. The maximum atomic E-state index is 12.9. The van der Waals surface area contributed by atoms with Crippen LogP contribution in [0.3, 0.4) is 0 Å². The highest BCUT2D eigenvalue weighted by molar-refractivity contribution is 6.08. The molecule has 1 atom stereocenters. The summed E-state index contributed by atoms with van der Waals surface area (Å²) in [6.45, 7) is 3.53. The number of nitrogens with zero attached hydrogens (tertiary/aromatic N) is 3. The lowest BCUT2D eigenvalue weighted by Gasteiger charge is -2.34. The van der Waals surface area contributed by atoms with E-state index in [0.717, 1.165) is 10.7 Å². The van der Waals surface area contributed by atoms with Crippen molar-refractivity contribution in [2.24, 2.45) is 0 Å². The number of nitrogens with one attached hydrogen (secondary N) is 3. The van der Waals surface area contributed by atoms with E-state index in [2.05, 4.69) is 16.1 Å². The molecule has 172 valence electrons. The summed E-state index contributed by atoms with van der Waals surface area (Å²) in [6.07, 6.45) is 0. The standard InChI is InChI=1S/C23H26N6O4/c1-23(17-8-4-2-5-9-17)20(31)29(22(33)25-23)26-19(30)16-27-12-14-28(15-13-27)21(32)24-18-10-6-3-7-11-18/h2-11H,12-16H2,1H3,(H,24,32)(H,25,33)(H,26,30)/t23-/m0/s1. The van der Waals surface area contributed by atoms with Crippen LogP contribution in [0, 0.1) is 0 Å². The number of imide groups is 1. The predicted octanol–water partition coefficient (Wildman–Crippen LogP) is 1.33. The van der Waals surface area contributed by atoms with E-state index in [9.17, 15) is 19.2 Å². The summed E-state index contributed by atoms with van der Waals surface area (Å²) < 4.78 is 0. The zero-order valence-electron chi connectivity index (χ0n) is 18.3. The monoisotopic (exact) mass is 450 g/mol. The van der Waals surface area contributed by atoms with E-state index < -0.39 is 23.4 Å². The highest BCUT2D eigenvalue weighted by Gasteiger charge is 2.50. The van der Waals surface area contributed by atoms with E-state index in [4.69, 9.17) is 0 Å². The number of hydrazine groups is 1. The number of rotatable bonds is 5. The molecule has 10 nitrogen and oxygen atoms in total. The number of urea groups is 2. The second kappa shape index (κ2) is 9.29. The molecule has 2 aromatic carbocycles. The lowest BCUT2D eigenvalue weighted by atomic mass is 9.92. The van der Waals surface area contributed by atoms with Gasteiger partial charge in [-0.1, -0.05) is 48.5 Å². The first-order valence-electron chi connectivity index (χ1n) is 10.7. The SMILES string of the molecule is C[C@@]1(c2ccccc2)NC(=O)N(NC(=O)CN2CCN(C(=O)Nc3ccccc3)CC2)C1=O. The second-order valence-corrected chi connectivity index (χ2v) is 8.16. The Bertz CT molecular complexity index is 1040. The highest BCUT2D eigenvalue weighted by atomic mass is 16.2. The van der Waals surface area contributed by atoms with Gasteiger partial charge in [0.15, 0.2) is 0 Å². The molecular formula is C23H26N6O4. The first-order chi connectivity index (χ1) is 15.9. The molecule has 2 heterocycles. The Morgan fingerprint density at radius 3 is 2.18 bits per heavy atom. The molecule has 0 aromatic heterocycles. The van der Waals surface area contributed by atoms with Crippen molar-refractivity contribution in [1.82, 2.24) is 25.6 Å². The number of amides is 6. The summed E-state index contributed by atoms with van der Waals surface area (Å²) in [4.78, 5) is 53.8. The van der Waals surface area contributed by atoms with E-state index in [0.29, 0.717) is 31.7 Å². The third-order valence-corrected chi connectivity index (χ3v) is 5.83. The normalized spacial score (nSPS) is 21.0. The summed E-state index contributed by atoms with van der Waals surface area (Å²) in [5.41, 5.74) is 2.52. The first kappa shape index (κ1) is 22.3. The number of piperazine rings is 1. The zero-order chi connectivity index (χ0) is 23.4. The van der Waals surface area contributed by atoms with Gasteiger partial charge in [0.2, 0.25) is 0 Å². The van der Waals surface area contributed by atoms with Crippen LogP contribution >= 0.6 is 0 Å². The maximum Gasteiger partial charge on any atom is 0.344 e. The van der Waals surface area contributed by atoms with E-state index in [1.165, 1.54) is 0 Å². The van der Waals surface area contributed by atoms with Crippen LogP contribution in [-0.2, 0) is 15.1 Å².